The Morgan fingerprint density at radius 1 is 1.22 bits per heavy atom. The van der Waals surface area contributed by atoms with E-state index in [2.05, 4.69) is 10.2 Å². The van der Waals surface area contributed by atoms with E-state index in [-0.39, 0.29) is 23.7 Å². The van der Waals surface area contributed by atoms with Gasteiger partial charge in [-0.25, -0.2) is 4.39 Å². The summed E-state index contributed by atoms with van der Waals surface area (Å²) in [6.07, 6.45) is 1.37. The Hall–Kier alpha value is -1.95. The van der Waals surface area contributed by atoms with Gasteiger partial charge in [0.05, 0.1) is 5.41 Å². The summed E-state index contributed by atoms with van der Waals surface area (Å²) in [5.74, 6) is -0.350. The molecule has 1 aliphatic carbocycles. The molecular formula is C17H20FN3O2. The number of rotatable bonds is 2. The molecule has 0 aromatic heterocycles. The van der Waals surface area contributed by atoms with Gasteiger partial charge in [-0.15, -0.1) is 0 Å². The van der Waals surface area contributed by atoms with Crippen LogP contribution < -0.4 is 5.32 Å². The first kappa shape index (κ1) is 14.6. The molecule has 2 aliphatic heterocycles. The zero-order valence-electron chi connectivity index (χ0n) is 12.9. The van der Waals surface area contributed by atoms with Gasteiger partial charge in [-0.05, 0) is 18.9 Å². The van der Waals surface area contributed by atoms with E-state index in [9.17, 15) is 14.0 Å². The van der Waals surface area contributed by atoms with Crippen LogP contribution in [-0.4, -0.2) is 60.4 Å². The van der Waals surface area contributed by atoms with Crippen molar-refractivity contribution in [2.75, 3.05) is 32.7 Å². The topological polar surface area (TPSA) is 52.7 Å². The number of hydrogen-bond acceptors (Lipinski definition) is 3. The zero-order chi connectivity index (χ0) is 16.0. The fourth-order valence-electron chi connectivity index (χ4n) is 3.84. The molecule has 0 unspecified atom stereocenters. The minimum absolute atomic E-state index is 0.00973. The number of halogens is 1. The Morgan fingerprint density at radius 3 is 2.74 bits per heavy atom. The van der Waals surface area contributed by atoms with E-state index in [0.29, 0.717) is 44.6 Å². The van der Waals surface area contributed by atoms with Crippen LogP contribution in [0.25, 0.3) is 0 Å². The summed E-state index contributed by atoms with van der Waals surface area (Å²) < 4.78 is 14.1. The number of piperazine rings is 2. The molecule has 0 spiro atoms. The molecule has 1 N–H and O–H groups in total. The summed E-state index contributed by atoms with van der Waals surface area (Å²) in [5, 5.41) is 2.86. The van der Waals surface area contributed by atoms with Crippen molar-refractivity contribution in [3.63, 3.8) is 0 Å². The monoisotopic (exact) mass is 317 g/mol. The molecule has 0 bridgehead atoms. The van der Waals surface area contributed by atoms with E-state index in [1.807, 2.05) is 0 Å². The molecule has 1 saturated carbocycles. The number of nitrogens with zero attached hydrogens (tertiary/aromatic N) is 2. The molecule has 6 heteroatoms. The number of carbonyl (C=O) groups excluding carboxylic acids is 2. The maximum absolute atomic E-state index is 14.1. The summed E-state index contributed by atoms with van der Waals surface area (Å²) in [5.41, 5.74) is -0.209. The summed E-state index contributed by atoms with van der Waals surface area (Å²) in [7, 11) is 0. The molecule has 3 aliphatic rings. The van der Waals surface area contributed by atoms with Crippen molar-refractivity contribution in [1.29, 1.82) is 0 Å². The van der Waals surface area contributed by atoms with Crippen molar-refractivity contribution in [1.82, 2.24) is 15.1 Å². The Labute approximate surface area is 134 Å². The highest BCUT2D eigenvalue weighted by molar-refractivity contribution is 5.92. The van der Waals surface area contributed by atoms with E-state index in [1.165, 1.54) is 6.07 Å². The van der Waals surface area contributed by atoms with Crippen LogP contribution in [0.2, 0.25) is 0 Å². The van der Waals surface area contributed by atoms with E-state index in [0.717, 1.165) is 6.54 Å². The molecule has 2 amide bonds. The number of fused-ring (bicyclic) bond motifs is 1. The number of carbonyl (C=O) groups is 2. The average Bonchev–Trinajstić information content (AvgIpc) is 3.36. The molecule has 1 aromatic rings. The predicted molar refractivity (Wildman–Crippen MR) is 82.3 cm³/mol. The molecule has 23 heavy (non-hydrogen) atoms. The largest absolute Gasteiger partial charge is 0.353 e. The van der Waals surface area contributed by atoms with Gasteiger partial charge in [0.15, 0.2) is 0 Å². The normalized spacial score (nSPS) is 26.4. The number of benzene rings is 1. The standard InChI is InChI=1S/C17H20FN3O2/c18-13-4-2-1-3-12(13)17(5-6-17)16(23)21-10-9-20-8-7-19-15(22)14(20)11-21/h1-4,14H,5-11H2,(H,19,22)/t14-/m0/s1. The second-order valence-corrected chi connectivity index (χ2v) is 6.66. The third kappa shape index (κ3) is 2.32. The van der Waals surface area contributed by atoms with E-state index in [4.69, 9.17) is 0 Å². The lowest BCUT2D eigenvalue weighted by Crippen LogP contribution is -2.65. The first-order valence-corrected chi connectivity index (χ1v) is 8.18. The third-order valence-electron chi connectivity index (χ3n) is 5.33. The molecule has 122 valence electrons. The smallest absolute Gasteiger partial charge is 0.239 e. The van der Waals surface area contributed by atoms with Crippen LogP contribution in [0, 0.1) is 5.82 Å². The Balaban J connectivity index is 1.56. The summed E-state index contributed by atoms with van der Waals surface area (Å²) in [6, 6.07) is 6.28. The SMILES string of the molecule is O=C1NCCN2CCN(C(=O)C3(c4ccccc4F)CC3)C[C@@H]12. The predicted octanol–water partition coefficient (Wildman–Crippen LogP) is 0.500. The van der Waals surface area contributed by atoms with Crippen LogP contribution >= 0.6 is 0 Å². The fraction of sp³-hybridized carbons (Fsp3) is 0.529. The van der Waals surface area contributed by atoms with Crippen LogP contribution in [-0.2, 0) is 15.0 Å². The molecule has 0 radical (unpaired) electrons. The minimum atomic E-state index is -0.710. The maximum atomic E-state index is 14.1. The molecular weight excluding hydrogens is 297 g/mol. The van der Waals surface area contributed by atoms with Gasteiger partial charge in [-0.3, -0.25) is 14.5 Å². The van der Waals surface area contributed by atoms with Gasteiger partial charge in [0.2, 0.25) is 11.8 Å². The quantitative estimate of drug-likeness (QED) is 0.864. The van der Waals surface area contributed by atoms with E-state index in [1.54, 1.807) is 23.1 Å². The van der Waals surface area contributed by atoms with Crippen molar-refractivity contribution >= 4 is 11.8 Å². The van der Waals surface area contributed by atoms with E-state index < -0.39 is 5.41 Å². The van der Waals surface area contributed by atoms with Gasteiger partial charge < -0.3 is 10.2 Å². The molecule has 1 aromatic carbocycles. The molecule has 5 nitrogen and oxygen atoms in total. The molecule has 1 atom stereocenters. The lowest BCUT2D eigenvalue weighted by Gasteiger charge is -2.44. The van der Waals surface area contributed by atoms with Crippen LogP contribution in [0.4, 0.5) is 4.39 Å². The lowest BCUT2D eigenvalue weighted by molar-refractivity contribution is -0.141. The summed E-state index contributed by atoms with van der Waals surface area (Å²) in [4.78, 5) is 28.9. The molecule has 3 fully saturated rings. The van der Waals surface area contributed by atoms with Crippen LogP contribution in [0.3, 0.4) is 0 Å². The molecule has 2 saturated heterocycles. The van der Waals surface area contributed by atoms with Gasteiger partial charge in [0.25, 0.3) is 0 Å². The molecule has 4 rings (SSSR count). The minimum Gasteiger partial charge on any atom is -0.353 e. The zero-order valence-corrected chi connectivity index (χ0v) is 12.9. The molecule has 2 heterocycles. The van der Waals surface area contributed by atoms with Crippen molar-refractivity contribution < 1.29 is 14.0 Å². The first-order chi connectivity index (χ1) is 11.1. The van der Waals surface area contributed by atoms with Gasteiger partial charge in [-0.1, -0.05) is 18.2 Å². The Bertz CT molecular complexity index is 659. The van der Waals surface area contributed by atoms with Gasteiger partial charge in [0.1, 0.15) is 11.9 Å². The number of hydrogen-bond donors (Lipinski definition) is 1. The Kier molecular flexibility index (Phi) is 3.37. The Morgan fingerprint density at radius 2 is 2.00 bits per heavy atom. The van der Waals surface area contributed by atoms with Crippen LogP contribution in [0.5, 0.6) is 0 Å². The third-order valence-corrected chi connectivity index (χ3v) is 5.33. The first-order valence-electron chi connectivity index (χ1n) is 8.18. The highest BCUT2D eigenvalue weighted by atomic mass is 19.1. The van der Waals surface area contributed by atoms with Crippen molar-refractivity contribution in [3.8, 4) is 0 Å². The summed E-state index contributed by atoms with van der Waals surface area (Å²) in [6.45, 7) is 3.22. The fourth-order valence-corrected chi connectivity index (χ4v) is 3.84. The van der Waals surface area contributed by atoms with Crippen molar-refractivity contribution in [2.45, 2.75) is 24.3 Å². The van der Waals surface area contributed by atoms with Gasteiger partial charge in [0, 0.05) is 38.3 Å². The number of amides is 2. The number of nitrogens with one attached hydrogen (secondary N) is 1. The van der Waals surface area contributed by atoms with Gasteiger partial charge >= 0.3 is 0 Å². The van der Waals surface area contributed by atoms with Gasteiger partial charge in [-0.2, -0.15) is 0 Å². The second kappa shape index (κ2) is 5.30. The average molecular weight is 317 g/mol. The summed E-state index contributed by atoms with van der Waals surface area (Å²) >= 11 is 0. The maximum Gasteiger partial charge on any atom is 0.239 e. The van der Waals surface area contributed by atoms with Crippen molar-refractivity contribution in [3.05, 3.63) is 35.6 Å². The highest BCUT2D eigenvalue weighted by Crippen LogP contribution is 2.50. The van der Waals surface area contributed by atoms with E-state index >= 15 is 0 Å². The van der Waals surface area contributed by atoms with Crippen LogP contribution in [0.1, 0.15) is 18.4 Å². The lowest BCUT2D eigenvalue weighted by atomic mass is 9.93. The van der Waals surface area contributed by atoms with Crippen LogP contribution in [0.15, 0.2) is 24.3 Å². The second-order valence-electron chi connectivity index (χ2n) is 6.66. The highest BCUT2D eigenvalue weighted by Gasteiger charge is 2.55. The van der Waals surface area contributed by atoms with Crippen molar-refractivity contribution in [2.24, 2.45) is 0 Å².